The molecular weight excluding hydrogens is 204 g/mol. The highest BCUT2D eigenvalue weighted by Gasteiger charge is 2.31. The summed E-state index contributed by atoms with van der Waals surface area (Å²) in [5.41, 5.74) is 0.904. The van der Waals surface area contributed by atoms with E-state index in [1.54, 1.807) is 6.08 Å². The van der Waals surface area contributed by atoms with Crippen LogP contribution in [0.2, 0.25) is 0 Å². The molecular formula is C13H14O3. The van der Waals surface area contributed by atoms with Gasteiger partial charge in [0.05, 0.1) is 6.61 Å². The molecule has 0 saturated heterocycles. The van der Waals surface area contributed by atoms with Crippen LogP contribution in [0.15, 0.2) is 30.3 Å². The Hall–Kier alpha value is -1.61. The van der Waals surface area contributed by atoms with Crippen molar-refractivity contribution in [2.75, 3.05) is 6.61 Å². The molecule has 3 nitrogen and oxygen atoms in total. The van der Waals surface area contributed by atoms with Gasteiger partial charge in [0.2, 0.25) is 0 Å². The first-order valence-corrected chi connectivity index (χ1v) is 5.26. The first-order chi connectivity index (χ1) is 7.62. The third-order valence-electron chi connectivity index (χ3n) is 2.75. The van der Waals surface area contributed by atoms with Gasteiger partial charge < -0.3 is 9.84 Å². The van der Waals surface area contributed by atoms with E-state index in [0.717, 1.165) is 11.1 Å². The van der Waals surface area contributed by atoms with E-state index in [0.29, 0.717) is 6.42 Å². The van der Waals surface area contributed by atoms with Crippen LogP contribution < -0.4 is 0 Å². The summed E-state index contributed by atoms with van der Waals surface area (Å²) < 4.78 is 4.85. The largest absolute Gasteiger partial charge is 0.466 e. The van der Waals surface area contributed by atoms with Crippen molar-refractivity contribution in [3.05, 3.63) is 41.5 Å². The van der Waals surface area contributed by atoms with E-state index >= 15 is 0 Å². The molecule has 0 fully saturated rings. The Morgan fingerprint density at radius 2 is 2.19 bits per heavy atom. The van der Waals surface area contributed by atoms with Crippen molar-refractivity contribution in [1.29, 1.82) is 0 Å². The fraction of sp³-hybridized carbons (Fsp3) is 0.308. The molecule has 0 saturated carbocycles. The summed E-state index contributed by atoms with van der Waals surface area (Å²) >= 11 is 0. The molecule has 16 heavy (non-hydrogen) atoms. The number of ether oxygens (including phenoxy) is 1. The summed E-state index contributed by atoms with van der Waals surface area (Å²) in [4.78, 5) is 10.6. The van der Waals surface area contributed by atoms with E-state index in [4.69, 9.17) is 4.74 Å². The summed E-state index contributed by atoms with van der Waals surface area (Å²) in [6, 6.07) is 7.67. The monoisotopic (exact) mass is 218 g/mol. The molecule has 1 aliphatic carbocycles. The van der Waals surface area contributed by atoms with E-state index in [-0.39, 0.29) is 12.6 Å². The molecule has 0 spiro atoms. The zero-order chi connectivity index (χ0) is 11.6. The summed E-state index contributed by atoms with van der Waals surface area (Å²) in [5, 5.41) is 10.4. The molecule has 1 aliphatic rings. The van der Waals surface area contributed by atoms with Gasteiger partial charge in [-0.1, -0.05) is 30.3 Å². The quantitative estimate of drug-likeness (QED) is 0.787. The van der Waals surface area contributed by atoms with Crippen molar-refractivity contribution in [2.24, 2.45) is 0 Å². The number of rotatable bonds is 3. The number of fused-ring (bicyclic) bond motifs is 1. The van der Waals surface area contributed by atoms with E-state index in [1.807, 2.05) is 30.3 Å². The van der Waals surface area contributed by atoms with Gasteiger partial charge in [-0.15, -0.1) is 0 Å². The predicted molar refractivity (Wildman–Crippen MR) is 60.6 cm³/mol. The zero-order valence-corrected chi connectivity index (χ0v) is 9.14. The molecule has 1 unspecified atom stereocenters. The fourth-order valence-electron chi connectivity index (χ4n) is 1.92. The Kier molecular flexibility index (Phi) is 2.79. The number of aliphatic hydroxyl groups is 1. The van der Waals surface area contributed by atoms with Crippen LogP contribution in [0, 0.1) is 0 Å². The van der Waals surface area contributed by atoms with Gasteiger partial charge in [0, 0.05) is 13.3 Å². The highest BCUT2D eigenvalue weighted by atomic mass is 16.5. The molecule has 0 heterocycles. The topological polar surface area (TPSA) is 46.5 Å². The van der Waals surface area contributed by atoms with Crippen molar-refractivity contribution < 1.29 is 14.6 Å². The van der Waals surface area contributed by atoms with Crippen molar-refractivity contribution in [2.45, 2.75) is 18.9 Å². The summed E-state index contributed by atoms with van der Waals surface area (Å²) in [6.07, 6.45) is 4.03. The molecule has 2 rings (SSSR count). The van der Waals surface area contributed by atoms with Gasteiger partial charge in [0.25, 0.3) is 0 Å². The summed E-state index contributed by atoms with van der Waals surface area (Å²) in [7, 11) is 0. The zero-order valence-electron chi connectivity index (χ0n) is 9.14. The van der Waals surface area contributed by atoms with E-state index in [9.17, 15) is 9.90 Å². The van der Waals surface area contributed by atoms with Gasteiger partial charge in [-0.05, 0) is 17.2 Å². The minimum Gasteiger partial charge on any atom is -0.466 e. The second-order valence-corrected chi connectivity index (χ2v) is 3.93. The van der Waals surface area contributed by atoms with Gasteiger partial charge in [-0.25, -0.2) is 0 Å². The fourth-order valence-corrected chi connectivity index (χ4v) is 1.92. The third-order valence-corrected chi connectivity index (χ3v) is 2.75. The molecule has 0 radical (unpaired) electrons. The van der Waals surface area contributed by atoms with Gasteiger partial charge in [0.1, 0.15) is 5.60 Å². The molecule has 0 aliphatic heterocycles. The van der Waals surface area contributed by atoms with Crippen LogP contribution >= 0.6 is 0 Å². The van der Waals surface area contributed by atoms with Crippen LogP contribution in [0.3, 0.4) is 0 Å². The summed E-state index contributed by atoms with van der Waals surface area (Å²) in [6.45, 7) is 1.59. The van der Waals surface area contributed by atoms with Crippen LogP contribution in [-0.4, -0.2) is 17.7 Å². The Morgan fingerprint density at radius 3 is 2.94 bits per heavy atom. The molecule has 84 valence electrons. The smallest absolute Gasteiger partial charge is 0.302 e. The van der Waals surface area contributed by atoms with E-state index in [2.05, 4.69) is 0 Å². The van der Waals surface area contributed by atoms with Gasteiger partial charge in [-0.2, -0.15) is 0 Å². The average molecular weight is 218 g/mol. The van der Waals surface area contributed by atoms with Crippen LogP contribution in [0.25, 0.3) is 6.08 Å². The maximum absolute atomic E-state index is 10.6. The molecule has 1 atom stereocenters. The van der Waals surface area contributed by atoms with Crippen molar-refractivity contribution in [3.63, 3.8) is 0 Å². The Bertz CT molecular complexity index is 437. The van der Waals surface area contributed by atoms with E-state index < -0.39 is 5.60 Å². The van der Waals surface area contributed by atoms with Crippen LogP contribution in [0.5, 0.6) is 0 Å². The van der Waals surface area contributed by atoms with Crippen molar-refractivity contribution >= 4 is 12.0 Å². The first kappa shape index (κ1) is 10.9. The molecule has 1 N–H and O–H groups in total. The molecule has 0 amide bonds. The average Bonchev–Trinajstić information content (AvgIpc) is 2.57. The number of esters is 1. The van der Waals surface area contributed by atoms with Crippen LogP contribution in [0.4, 0.5) is 0 Å². The number of benzene rings is 1. The van der Waals surface area contributed by atoms with Crippen molar-refractivity contribution in [1.82, 2.24) is 0 Å². The SMILES string of the molecule is CC(=O)OCCC1(O)C=Cc2ccccc21. The lowest BCUT2D eigenvalue weighted by molar-refractivity contribution is -0.142. The molecule has 1 aromatic rings. The minimum atomic E-state index is -0.994. The van der Waals surface area contributed by atoms with Crippen LogP contribution in [-0.2, 0) is 15.1 Å². The minimum absolute atomic E-state index is 0.227. The Labute approximate surface area is 94.4 Å². The molecule has 3 heteroatoms. The normalized spacial score (nSPS) is 21.9. The maximum atomic E-state index is 10.6. The lowest BCUT2D eigenvalue weighted by atomic mass is 9.93. The maximum Gasteiger partial charge on any atom is 0.302 e. The Balaban J connectivity index is 2.10. The van der Waals surface area contributed by atoms with Gasteiger partial charge in [0.15, 0.2) is 0 Å². The van der Waals surface area contributed by atoms with Crippen molar-refractivity contribution in [3.8, 4) is 0 Å². The summed E-state index contributed by atoms with van der Waals surface area (Å²) in [5.74, 6) is -0.320. The lowest BCUT2D eigenvalue weighted by Crippen LogP contribution is -2.23. The lowest BCUT2D eigenvalue weighted by Gasteiger charge is -2.22. The number of hydrogen-bond donors (Lipinski definition) is 1. The van der Waals surface area contributed by atoms with Gasteiger partial charge >= 0.3 is 5.97 Å². The second-order valence-electron chi connectivity index (χ2n) is 3.93. The predicted octanol–water partition coefficient (Wildman–Crippen LogP) is 1.85. The highest BCUT2D eigenvalue weighted by molar-refractivity contribution is 5.66. The molecule has 0 bridgehead atoms. The van der Waals surface area contributed by atoms with Crippen LogP contribution in [0.1, 0.15) is 24.5 Å². The molecule has 0 aromatic heterocycles. The molecule has 1 aromatic carbocycles. The second kappa shape index (κ2) is 4.10. The Morgan fingerprint density at radius 1 is 1.44 bits per heavy atom. The number of carbonyl (C=O) groups excluding carboxylic acids is 1. The highest BCUT2D eigenvalue weighted by Crippen LogP contribution is 2.36. The third kappa shape index (κ3) is 1.99. The number of hydrogen-bond acceptors (Lipinski definition) is 3. The first-order valence-electron chi connectivity index (χ1n) is 5.26. The van der Waals surface area contributed by atoms with E-state index in [1.165, 1.54) is 6.92 Å². The number of carbonyl (C=O) groups is 1. The van der Waals surface area contributed by atoms with Gasteiger partial charge in [-0.3, -0.25) is 4.79 Å². The standard InChI is InChI=1S/C13H14O3/c1-10(14)16-9-8-13(15)7-6-11-4-2-3-5-12(11)13/h2-7,15H,8-9H2,1H3.